The molecule has 2 aromatic carbocycles. The van der Waals surface area contributed by atoms with Gasteiger partial charge in [0.05, 0.1) is 38.4 Å². The molecule has 1 spiro atoms. The van der Waals surface area contributed by atoms with Gasteiger partial charge in [-0.15, -0.1) is 11.3 Å². The van der Waals surface area contributed by atoms with Crippen molar-refractivity contribution in [2.24, 2.45) is 10.4 Å². The number of hydrogen-bond donors (Lipinski definition) is 2. The van der Waals surface area contributed by atoms with Gasteiger partial charge in [0.25, 0.3) is 17.7 Å². The van der Waals surface area contributed by atoms with Crippen LogP contribution < -0.4 is 20.4 Å². The van der Waals surface area contributed by atoms with Gasteiger partial charge >= 0.3 is 0 Å². The number of anilines is 3. The topological polar surface area (TPSA) is 116 Å². The second-order valence-corrected chi connectivity index (χ2v) is 15.1. The summed E-state index contributed by atoms with van der Waals surface area (Å²) in [7, 11) is 0. The third-order valence-corrected chi connectivity index (χ3v) is 11.6. The predicted molar refractivity (Wildman–Crippen MR) is 196 cm³/mol. The molecule has 50 heavy (non-hydrogen) atoms. The lowest BCUT2D eigenvalue weighted by Gasteiger charge is -2.53. The minimum Gasteiger partial charge on any atom is -0.381 e. The summed E-state index contributed by atoms with van der Waals surface area (Å²) in [4.78, 5) is 55.8. The van der Waals surface area contributed by atoms with E-state index in [-0.39, 0.29) is 35.2 Å². The highest BCUT2D eigenvalue weighted by atomic mass is 32.1. The zero-order valence-electron chi connectivity index (χ0n) is 28.3. The van der Waals surface area contributed by atoms with Crippen LogP contribution in [0.5, 0.6) is 0 Å². The number of fused-ring (bicyclic) bond motifs is 1. The molecule has 4 aromatic rings. The normalized spacial score (nSPS) is 19.6. The standard InChI is InChI=1S/C39H40N6O4S/c1-24-20-29(35(40-21-24)44-22-39(23-44)16-18-49-19-17-39)36(46)41-28-12-10-26(11-13-28)38(48)45-25(2)34(43-30-8-3-4-9-31(30)45)32-14-15-33(50-32)37(47)42-27-6-5-7-27/h3-4,8-15,20-21,25,27H,5-7,16-19,22-23H2,1-2H3,(H,41,46)(H,42,47)/t25-/m0/s1. The number of para-hydroxylation sites is 2. The molecule has 10 nitrogen and oxygen atoms in total. The summed E-state index contributed by atoms with van der Waals surface area (Å²) in [6.45, 7) is 7.22. The number of aliphatic imine (C=N–C) groups is 1. The number of thiophene rings is 1. The van der Waals surface area contributed by atoms with Gasteiger partial charge < -0.3 is 20.3 Å². The Balaban J connectivity index is 0.987. The van der Waals surface area contributed by atoms with Crippen LogP contribution in [0, 0.1) is 12.3 Å². The van der Waals surface area contributed by atoms with Crippen LogP contribution in [0.15, 0.2) is 77.9 Å². The molecule has 256 valence electrons. The highest BCUT2D eigenvalue weighted by Crippen LogP contribution is 2.43. The van der Waals surface area contributed by atoms with Crippen molar-refractivity contribution in [1.82, 2.24) is 10.3 Å². The number of nitrogens with one attached hydrogen (secondary N) is 2. The monoisotopic (exact) mass is 688 g/mol. The van der Waals surface area contributed by atoms with E-state index in [1.54, 1.807) is 29.2 Å². The van der Waals surface area contributed by atoms with Crippen LogP contribution in [-0.2, 0) is 4.74 Å². The van der Waals surface area contributed by atoms with Crippen molar-refractivity contribution in [2.75, 3.05) is 41.4 Å². The van der Waals surface area contributed by atoms with Crippen molar-refractivity contribution in [3.8, 4) is 0 Å². The number of pyridine rings is 1. The molecule has 0 unspecified atom stereocenters. The Morgan fingerprint density at radius 1 is 0.960 bits per heavy atom. The van der Waals surface area contributed by atoms with E-state index in [4.69, 9.17) is 9.73 Å². The zero-order chi connectivity index (χ0) is 34.4. The lowest BCUT2D eigenvalue weighted by atomic mass is 9.73. The molecule has 4 aliphatic rings. The fraction of sp³-hybridized carbons (Fsp3) is 0.359. The predicted octanol–water partition coefficient (Wildman–Crippen LogP) is 6.77. The molecule has 2 saturated heterocycles. The number of carbonyl (C=O) groups excluding carboxylic acids is 3. The molecule has 1 atom stereocenters. The van der Waals surface area contributed by atoms with E-state index in [1.807, 2.05) is 62.5 Å². The van der Waals surface area contributed by atoms with Gasteiger partial charge in [-0.2, -0.15) is 0 Å². The molecular formula is C39H40N6O4S. The van der Waals surface area contributed by atoms with E-state index in [0.717, 1.165) is 80.2 Å². The number of carbonyl (C=O) groups is 3. The number of hydrogen-bond acceptors (Lipinski definition) is 8. The zero-order valence-corrected chi connectivity index (χ0v) is 29.1. The van der Waals surface area contributed by atoms with Crippen molar-refractivity contribution in [2.45, 2.75) is 58.0 Å². The highest BCUT2D eigenvalue weighted by Gasteiger charge is 2.45. The van der Waals surface area contributed by atoms with Gasteiger partial charge in [0, 0.05) is 55.2 Å². The van der Waals surface area contributed by atoms with Crippen molar-refractivity contribution < 1.29 is 19.1 Å². The Hall–Kier alpha value is -4.87. The SMILES string of the molecule is Cc1cnc(N2CC3(CCOCC3)C2)c(C(=O)Nc2ccc(C(=O)N3c4ccccc4N=C(c4ccc(C(=O)NC5CCC5)s4)[C@@H]3C)cc2)c1. The summed E-state index contributed by atoms with van der Waals surface area (Å²) < 4.78 is 5.57. The molecule has 1 saturated carbocycles. The second kappa shape index (κ2) is 13.1. The Morgan fingerprint density at radius 3 is 2.46 bits per heavy atom. The first-order valence-corrected chi connectivity index (χ1v) is 18.2. The van der Waals surface area contributed by atoms with Crippen molar-refractivity contribution in [3.05, 3.63) is 99.4 Å². The van der Waals surface area contributed by atoms with E-state index >= 15 is 0 Å². The van der Waals surface area contributed by atoms with E-state index in [9.17, 15) is 14.4 Å². The minimum atomic E-state index is -0.382. The Bertz CT molecular complexity index is 1990. The summed E-state index contributed by atoms with van der Waals surface area (Å²) in [6, 6.07) is 20.1. The van der Waals surface area contributed by atoms with Crippen LogP contribution in [0.1, 0.15) is 79.9 Å². The minimum absolute atomic E-state index is 0.0608. The summed E-state index contributed by atoms with van der Waals surface area (Å²) in [5, 5.41) is 6.14. The van der Waals surface area contributed by atoms with Crippen LogP contribution in [0.2, 0.25) is 0 Å². The van der Waals surface area contributed by atoms with Crippen LogP contribution in [0.4, 0.5) is 22.9 Å². The number of aryl methyl sites for hydroxylation is 1. The van der Waals surface area contributed by atoms with E-state index in [1.165, 1.54) is 11.3 Å². The van der Waals surface area contributed by atoms with Gasteiger partial charge in [-0.05, 0) is 106 Å². The maximum absolute atomic E-state index is 14.2. The fourth-order valence-electron chi connectivity index (χ4n) is 7.32. The van der Waals surface area contributed by atoms with E-state index < -0.39 is 0 Å². The number of aromatic nitrogens is 1. The largest absolute Gasteiger partial charge is 0.381 e. The Labute approximate surface area is 295 Å². The van der Waals surface area contributed by atoms with Gasteiger partial charge in [-0.3, -0.25) is 19.3 Å². The average molecular weight is 689 g/mol. The molecule has 3 amide bonds. The molecule has 1 aliphatic carbocycles. The molecule has 5 heterocycles. The molecule has 0 bridgehead atoms. The van der Waals surface area contributed by atoms with Gasteiger partial charge in [0.1, 0.15) is 5.82 Å². The van der Waals surface area contributed by atoms with Crippen LogP contribution in [-0.4, -0.2) is 66.8 Å². The number of nitrogens with zero attached hydrogens (tertiary/aromatic N) is 4. The van der Waals surface area contributed by atoms with Crippen LogP contribution in [0.3, 0.4) is 0 Å². The number of ether oxygens (including phenoxy) is 1. The lowest BCUT2D eigenvalue weighted by Crippen LogP contribution is -2.59. The Kier molecular flexibility index (Phi) is 8.48. The first-order valence-electron chi connectivity index (χ1n) is 17.4. The average Bonchev–Trinajstić information content (AvgIpc) is 3.59. The molecule has 3 aliphatic heterocycles. The van der Waals surface area contributed by atoms with Crippen molar-refractivity contribution in [3.63, 3.8) is 0 Å². The maximum Gasteiger partial charge on any atom is 0.261 e. The second-order valence-electron chi connectivity index (χ2n) is 14.0. The molecule has 2 N–H and O–H groups in total. The smallest absolute Gasteiger partial charge is 0.261 e. The molecular weight excluding hydrogens is 649 g/mol. The highest BCUT2D eigenvalue weighted by molar-refractivity contribution is 7.16. The van der Waals surface area contributed by atoms with E-state index in [2.05, 4.69) is 20.5 Å². The van der Waals surface area contributed by atoms with E-state index in [0.29, 0.717) is 33.2 Å². The molecule has 3 fully saturated rings. The molecule has 8 rings (SSSR count). The Morgan fingerprint density at radius 2 is 1.72 bits per heavy atom. The summed E-state index contributed by atoms with van der Waals surface area (Å²) in [6.07, 6.45) is 7.07. The van der Waals surface area contributed by atoms with Gasteiger partial charge in [-0.25, -0.2) is 9.98 Å². The lowest BCUT2D eigenvalue weighted by molar-refractivity contribution is -0.000511. The van der Waals surface area contributed by atoms with Gasteiger partial charge in [0.15, 0.2) is 0 Å². The number of rotatable bonds is 7. The molecule has 2 aromatic heterocycles. The number of benzene rings is 2. The fourth-order valence-corrected chi connectivity index (χ4v) is 8.30. The number of amides is 3. The quantitative estimate of drug-likeness (QED) is 0.221. The maximum atomic E-state index is 14.2. The van der Waals surface area contributed by atoms with Gasteiger partial charge in [-0.1, -0.05) is 12.1 Å². The van der Waals surface area contributed by atoms with Crippen molar-refractivity contribution in [1.29, 1.82) is 0 Å². The van der Waals surface area contributed by atoms with Crippen LogP contribution >= 0.6 is 11.3 Å². The summed E-state index contributed by atoms with van der Waals surface area (Å²) in [5.74, 6) is 0.220. The van der Waals surface area contributed by atoms with Crippen LogP contribution in [0.25, 0.3) is 0 Å². The molecule has 11 heteroatoms. The summed E-state index contributed by atoms with van der Waals surface area (Å²) in [5.41, 5.74) is 4.92. The third-order valence-electron chi connectivity index (χ3n) is 10.4. The van der Waals surface area contributed by atoms with Crippen molar-refractivity contribution >= 4 is 57.7 Å². The first-order chi connectivity index (χ1) is 24.3. The molecule has 0 radical (unpaired) electrons. The van der Waals surface area contributed by atoms with Gasteiger partial charge in [0.2, 0.25) is 0 Å². The third kappa shape index (κ3) is 6.09. The summed E-state index contributed by atoms with van der Waals surface area (Å²) >= 11 is 1.40. The first kappa shape index (κ1) is 32.3.